The van der Waals surface area contributed by atoms with Gasteiger partial charge < -0.3 is 20.5 Å². The SMILES string of the molecule is CCN(CC(=O)O)C1CC(NC(=O)NC2CCOC2c2ccc(Cl)cc2)C1. The van der Waals surface area contributed by atoms with Crippen LogP contribution in [0.4, 0.5) is 4.79 Å². The van der Waals surface area contributed by atoms with E-state index in [0.717, 1.165) is 24.8 Å². The number of benzene rings is 1. The molecule has 148 valence electrons. The first kappa shape index (κ1) is 19.9. The molecule has 2 unspecified atom stereocenters. The van der Waals surface area contributed by atoms with Crippen molar-refractivity contribution in [2.24, 2.45) is 0 Å². The molecule has 0 radical (unpaired) electrons. The number of halogens is 1. The highest BCUT2D eigenvalue weighted by molar-refractivity contribution is 6.30. The van der Waals surface area contributed by atoms with Crippen molar-refractivity contribution >= 4 is 23.6 Å². The molecule has 2 fully saturated rings. The number of hydrogen-bond acceptors (Lipinski definition) is 4. The molecule has 1 saturated carbocycles. The van der Waals surface area contributed by atoms with E-state index in [9.17, 15) is 9.59 Å². The lowest BCUT2D eigenvalue weighted by atomic mass is 9.85. The van der Waals surface area contributed by atoms with Crippen LogP contribution >= 0.6 is 11.6 Å². The normalized spacial score (nSPS) is 27.2. The zero-order valence-electron chi connectivity index (χ0n) is 15.4. The molecule has 3 N–H and O–H groups in total. The number of amides is 2. The van der Waals surface area contributed by atoms with Crippen molar-refractivity contribution in [3.8, 4) is 0 Å². The monoisotopic (exact) mass is 395 g/mol. The van der Waals surface area contributed by atoms with Gasteiger partial charge in [-0.05, 0) is 43.5 Å². The molecule has 3 rings (SSSR count). The first-order chi connectivity index (χ1) is 13.0. The van der Waals surface area contributed by atoms with E-state index in [2.05, 4.69) is 10.6 Å². The van der Waals surface area contributed by atoms with Gasteiger partial charge in [0.15, 0.2) is 0 Å². The number of carboxylic acids is 1. The largest absolute Gasteiger partial charge is 0.480 e. The van der Waals surface area contributed by atoms with Crippen LogP contribution in [0.2, 0.25) is 5.02 Å². The van der Waals surface area contributed by atoms with Crippen LogP contribution < -0.4 is 10.6 Å². The van der Waals surface area contributed by atoms with Gasteiger partial charge in [-0.15, -0.1) is 0 Å². The molecule has 2 amide bonds. The van der Waals surface area contributed by atoms with Crippen molar-refractivity contribution in [1.29, 1.82) is 0 Å². The molecule has 1 aromatic rings. The Labute approximate surface area is 164 Å². The van der Waals surface area contributed by atoms with E-state index < -0.39 is 5.97 Å². The summed E-state index contributed by atoms with van der Waals surface area (Å²) in [6, 6.07) is 7.49. The van der Waals surface area contributed by atoms with Crippen molar-refractivity contribution in [3.63, 3.8) is 0 Å². The number of likely N-dealkylation sites (N-methyl/N-ethyl adjacent to an activating group) is 1. The lowest BCUT2D eigenvalue weighted by Crippen LogP contribution is -2.57. The summed E-state index contributed by atoms with van der Waals surface area (Å²) in [5.41, 5.74) is 0.998. The van der Waals surface area contributed by atoms with Crippen molar-refractivity contribution in [2.45, 2.75) is 50.4 Å². The number of carbonyl (C=O) groups excluding carboxylic acids is 1. The Morgan fingerprint density at radius 2 is 1.96 bits per heavy atom. The minimum Gasteiger partial charge on any atom is -0.480 e. The molecule has 2 aliphatic rings. The smallest absolute Gasteiger partial charge is 0.317 e. The maximum Gasteiger partial charge on any atom is 0.317 e. The van der Waals surface area contributed by atoms with Crippen LogP contribution in [0, 0.1) is 0 Å². The van der Waals surface area contributed by atoms with E-state index >= 15 is 0 Å². The Morgan fingerprint density at radius 1 is 1.26 bits per heavy atom. The number of carbonyl (C=O) groups is 2. The number of nitrogens with zero attached hydrogens (tertiary/aromatic N) is 1. The average molecular weight is 396 g/mol. The Hall–Kier alpha value is -1.83. The lowest BCUT2D eigenvalue weighted by Gasteiger charge is -2.42. The number of rotatable bonds is 7. The molecule has 1 saturated heterocycles. The summed E-state index contributed by atoms with van der Waals surface area (Å²) in [7, 11) is 0. The van der Waals surface area contributed by atoms with Gasteiger partial charge in [-0.3, -0.25) is 9.69 Å². The fraction of sp³-hybridized carbons (Fsp3) is 0.579. The minimum atomic E-state index is -0.819. The quantitative estimate of drug-likeness (QED) is 0.659. The second kappa shape index (κ2) is 8.91. The van der Waals surface area contributed by atoms with Gasteiger partial charge in [-0.25, -0.2) is 4.79 Å². The standard InChI is InChI=1S/C19H26ClN3O4/c1-2-23(11-17(24)25)15-9-14(10-15)21-19(26)22-16-7-8-27-18(16)12-3-5-13(20)6-4-12/h3-6,14-16,18H,2,7-11H2,1H3,(H,24,25)(H2,21,22,26). The van der Waals surface area contributed by atoms with Gasteiger partial charge in [0.25, 0.3) is 0 Å². The van der Waals surface area contributed by atoms with Crippen molar-refractivity contribution in [2.75, 3.05) is 19.7 Å². The lowest BCUT2D eigenvalue weighted by molar-refractivity contribution is -0.139. The van der Waals surface area contributed by atoms with E-state index in [-0.39, 0.29) is 36.8 Å². The molecule has 2 atom stereocenters. The Morgan fingerprint density at radius 3 is 2.59 bits per heavy atom. The van der Waals surface area contributed by atoms with Crippen molar-refractivity contribution < 1.29 is 19.4 Å². The molecule has 0 spiro atoms. The predicted molar refractivity (Wildman–Crippen MR) is 102 cm³/mol. The van der Waals surface area contributed by atoms with Gasteiger partial charge in [0.05, 0.1) is 12.6 Å². The molecule has 27 heavy (non-hydrogen) atoms. The van der Waals surface area contributed by atoms with E-state index in [4.69, 9.17) is 21.4 Å². The van der Waals surface area contributed by atoms with E-state index in [1.165, 1.54) is 0 Å². The Kier molecular flexibility index (Phi) is 6.57. The average Bonchev–Trinajstić information content (AvgIpc) is 3.04. The number of carboxylic acid groups (broad SMARTS) is 1. The molecule has 8 heteroatoms. The zero-order chi connectivity index (χ0) is 19.4. The maximum atomic E-state index is 12.4. The molecule has 1 aliphatic heterocycles. The number of nitrogens with one attached hydrogen (secondary N) is 2. The number of aliphatic carboxylic acids is 1. The molecule has 1 heterocycles. The van der Waals surface area contributed by atoms with Gasteiger partial charge in [0.1, 0.15) is 6.10 Å². The number of urea groups is 1. The van der Waals surface area contributed by atoms with Crippen LogP contribution in [0.1, 0.15) is 37.9 Å². The van der Waals surface area contributed by atoms with E-state index in [1.807, 2.05) is 36.1 Å². The molecule has 0 bridgehead atoms. The third kappa shape index (κ3) is 5.12. The minimum absolute atomic E-state index is 0.0439. The van der Waals surface area contributed by atoms with Crippen LogP contribution in [-0.2, 0) is 9.53 Å². The first-order valence-corrected chi connectivity index (χ1v) is 9.74. The summed E-state index contributed by atoms with van der Waals surface area (Å²) in [6.07, 6.45) is 2.14. The Bertz CT molecular complexity index is 663. The summed E-state index contributed by atoms with van der Waals surface area (Å²) >= 11 is 5.93. The predicted octanol–water partition coefficient (Wildman–Crippen LogP) is 2.41. The Balaban J connectivity index is 1.46. The highest BCUT2D eigenvalue weighted by Gasteiger charge is 2.36. The fourth-order valence-corrected chi connectivity index (χ4v) is 3.92. The molecule has 1 aromatic carbocycles. The van der Waals surface area contributed by atoms with E-state index in [1.54, 1.807) is 0 Å². The van der Waals surface area contributed by atoms with Crippen LogP contribution in [0.3, 0.4) is 0 Å². The van der Waals surface area contributed by atoms with Gasteiger partial charge in [-0.1, -0.05) is 30.7 Å². The highest BCUT2D eigenvalue weighted by Crippen LogP contribution is 2.30. The van der Waals surface area contributed by atoms with Gasteiger partial charge >= 0.3 is 12.0 Å². The number of ether oxygens (including phenoxy) is 1. The fourth-order valence-electron chi connectivity index (χ4n) is 3.79. The highest BCUT2D eigenvalue weighted by atomic mass is 35.5. The summed E-state index contributed by atoms with van der Waals surface area (Å²) in [5, 5.41) is 15.6. The number of hydrogen-bond donors (Lipinski definition) is 3. The second-order valence-electron chi connectivity index (χ2n) is 7.13. The molecular formula is C19H26ClN3O4. The second-order valence-corrected chi connectivity index (χ2v) is 7.57. The third-order valence-corrected chi connectivity index (χ3v) is 5.57. The van der Waals surface area contributed by atoms with Crippen LogP contribution in [0.25, 0.3) is 0 Å². The summed E-state index contributed by atoms with van der Waals surface area (Å²) in [6.45, 7) is 3.29. The van der Waals surface area contributed by atoms with Crippen LogP contribution in [-0.4, -0.2) is 59.8 Å². The van der Waals surface area contributed by atoms with Crippen molar-refractivity contribution in [1.82, 2.24) is 15.5 Å². The maximum absolute atomic E-state index is 12.4. The summed E-state index contributed by atoms with van der Waals surface area (Å²) in [4.78, 5) is 25.2. The molecule has 1 aliphatic carbocycles. The molecule has 0 aromatic heterocycles. The third-order valence-electron chi connectivity index (χ3n) is 5.32. The van der Waals surface area contributed by atoms with Crippen molar-refractivity contribution in [3.05, 3.63) is 34.9 Å². The van der Waals surface area contributed by atoms with Gasteiger partial charge in [0, 0.05) is 23.7 Å². The van der Waals surface area contributed by atoms with Gasteiger partial charge in [-0.2, -0.15) is 0 Å². The molecular weight excluding hydrogens is 370 g/mol. The van der Waals surface area contributed by atoms with Gasteiger partial charge in [0.2, 0.25) is 0 Å². The summed E-state index contributed by atoms with van der Waals surface area (Å²) in [5.74, 6) is -0.819. The topological polar surface area (TPSA) is 90.9 Å². The summed E-state index contributed by atoms with van der Waals surface area (Å²) < 4.78 is 5.79. The van der Waals surface area contributed by atoms with Crippen LogP contribution in [0.5, 0.6) is 0 Å². The zero-order valence-corrected chi connectivity index (χ0v) is 16.1. The first-order valence-electron chi connectivity index (χ1n) is 9.36. The molecule has 7 nitrogen and oxygen atoms in total. The van der Waals surface area contributed by atoms with Crippen LogP contribution in [0.15, 0.2) is 24.3 Å². The van der Waals surface area contributed by atoms with E-state index in [0.29, 0.717) is 18.2 Å².